The standard InChI is InChI=1S/C10H2N4O11/c15-1-3(17)11-7(21)13(5(1)19)9(23)25-10(24)14-6(20)2(16)4(18)12-8(14)22/h(H,11,17,21)(H,12,18,22). The average molecular weight is 354 g/mol. The van der Waals surface area contributed by atoms with Crippen LogP contribution in [0.2, 0.25) is 0 Å². The minimum Gasteiger partial charge on any atom is -0.358 e. The zero-order chi connectivity index (χ0) is 19.0. The maximum Gasteiger partial charge on any atom is 0.434 e. The molecule has 0 aromatic rings. The molecule has 0 spiro atoms. The van der Waals surface area contributed by atoms with E-state index < -0.39 is 69.2 Å². The topological polar surface area (TPSA) is 210 Å². The van der Waals surface area contributed by atoms with Crippen LogP contribution in [0.4, 0.5) is 19.2 Å². The third-order valence-corrected chi connectivity index (χ3v) is 2.59. The molecule has 0 atom stereocenters. The molecule has 0 aliphatic carbocycles. The molecular formula is C10H2N4O11. The predicted molar refractivity (Wildman–Crippen MR) is 62.7 cm³/mol. The van der Waals surface area contributed by atoms with Crippen LogP contribution in [0.15, 0.2) is 0 Å². The molecule has 0 bridgehead atoms. The van der Waals surface area contributed by atoms with Crippen LogP contribution in [-0.2, 0) is 33.5 Å². The van der Waals surface area contributed by atoms with E-state index in [2.05, 4.69) is 4.74 Å². The van der Waals surface area contributed by atoms with E-state index >= 15 is 0 Å². The van der Waals surface area contributed by atoms with Gasteiger partial charge in [0.2, 0.25) is 0 Å². The molecule has 0 radical (unpaired) electrons. The van der Waals surface area contributed by atoms with Crippen LogP contribution < -0.4 is 10.6 Å². The Labute approximate surface area is 133 Å². The van der Waals surface area contributed by atoms with E-state index in [1.807, 2.05) is 0 Å². The van der Waals surface area contributed by atoms with Crippen molar-refractivity contribution in [3.8, 4) is 0 Å². The number of hydrogen-bond donors (Lipinski definition) is 2. The van der Waals surface area contributed by atoms with Crippen LogP contribution in [0.3, 0.4) is 0 Å². The number of urea groups is 2. The number of hydrogen-bond acceptors (Lipinski definition) is 11. The van der Waals surface area contributed by atoms with Gasteiger partial charge in [-0.2, -0.15) is 9.80 Å². The smallest absolute Gasteiger partial charge is 0.358 e. The van der Waals surface area contributed by atoms with Crippen molar-refractivity contribution in [2.75, 3.05) is 0 Å². The Morgan fingerprint density at radius 3 is 1.28 bits per heavy atom. The molecule has 15 nitrogen and oxygen atoms in total. The molecule has 2 aliphatic rings. The lowest BCUT2D eigenvalue weighted by Crippen LogP contribution is -2.63. The number of ketones is 2. The highest BCUT2D eigenvalue weighted by atomic mass is 16.6. The van der Waals surface area contributed by atoms with Gasteiger partial charge in [-0.15, -0.1) is 0 Å². The summed E-state index contributed by atoms with van der Waals surface area (Å²) in [5, 5.41) is 2.56. The van der Waals surface area contributed by atoms with Crippen molar-refractivity contribution < 1.29 is 52.7 Å². The fourth-order valence-electron chi connectivity index (χ4n) is 1.50. The van der Waals surface area contributed by atoms with Gasteiger partial charge in [0.1, 0.15) is 0 Å². The van der Waals surface area contributed by atoms with Gasteiger partial charge in [-0.25, -0.2) is 19.2 Å². The molecule has 2 aliphatic heterocycles. The number of carbonyl (C=O) groups is 10. The van der Waals surface area contributed by atoms with Crippen LogP contribution in [0, 0.1) is 0 Å². The monoisotopic (exact) mass is 354 g/mol. The Morgan fingerprint density at radius 2 is 0.960 bits per heavy atom. The van der Waals surface area contributed by atoms with Gasteiger partial charge in [0.15, 0.2) is 0 Å². The zero-order valence-electron chi connectivity index (χ0n) is 11.4. The molecule has 15 heteroatoms. The second-order valence-corrected chi connectivity index (χ2v) is 4.09. The molecule has 128 valence electrons. The van der Waals surface area contributed by atoms with E-state index in [0.717, 1.165) is 0 Å². The van der Waals surface area contributed by atoms with Crippen molar-refractivity contribution in [3.05, 3.63) is 0 Å². The highest BCUT2D eigenvalue weighted by Gasteiger charge is 2.48. The number of Topliss-reactive ketones (excluding diaryl/α,β-unsaturated/α-hetero) is 2. The largest absolute Gasteiger partial charge is 0.434 e. The summed E-state index contributed by atoms with van der Waals surface area (Å²) in [7, 11) is 0. The molecule has 0 unspecified atom stereocenters. The number of nitrogens with zero attached hydrogens (tertiary/aromatic N) is 2. The highest BCUT2D eigenvalue weighted by Crippen LogP contribution is 2.08. The van der Waals surface area contributed by atoms with Crippen LogP contribution in [-0.4, -0.2) is 69.2 Å². The lowest BCUT2D eigenvalue weighted by Gasteiger charge is -2.23. The Hall–Kier alpha value is -4.30. The molecule has 0 aromatic heterocycles. The van der Waals surface area contributed by atoms with Crippen molar-refractivity contribution in [3.63, 3.8) is 0 Å². The number of imide groups is 8. The Kier molecular flexibility index (Phi) is 3.90. The fourth-order valence-corrected chi connectivity index (χ4v) is 1.50. The van der Waals surface area contributed by atoms with E-state index in [9.17, 15) is 47.9 Å². The zero-order valence-corrected chi connectivity index (χ0v) is 11.4. The van der Waals surface area contributed by atoms with E-state index in [0.29, 0.717) is 0 Å². The van der Waals surface area contributed by atoms with Gasteiger partial charge < -0.3 is 4.74 Å². The second kappa shape index (κ2) is 5.72. The normalized spacial score (nSPS) is 18.2. The summed E-state index contributed by atoms with van der Waals surface area (Å²) in [5.74, 6) is -10.9. The van der Waals surface area contributed by atoms with Crippen LogP contribution in [0.5, 0.6) is 0 Å². The first-order chi connectivity index (χ1) is 11.6. The van der Waals surface area contributed by atoms with Gasteiger partial charge in [-0.1, -0.05) is 0 Å². The molecule has 2 fully saturated rings. The van der Waals surface area contributed by atoms with E-state index in [1.165, 1.54) is 10.6 Å². The minimum atomic E-state index is -2.15. The van der Waals surface area contributed by atoms with Gasteiger partial charge in [0.25, 0.3) is 0 Å². The molecule has 0 aromatic carbocycles. The molecule has 2 saturated heterocycles. The van der Waals surface area contributed by atoms with Crippen LogP contribution in [0.1, 0.15) is 0 Å². The minimum absolute atomic E-state index is 0.596. The van der Waals surface area contributed by atoms with Crippen molar-refractivity contribution in [1.29, 1.82) is 0 Å². The summed E-state index contributed by atoms with van der Waals surface area (Å²) in [5.41, 5.74) is 0. The number of barbiturate groups is 2. The highest BCUT2D eigenvalue weighted by molar-refractivity contribution is 6.68. The first-order valence-electron chi connectivity index (χ1n) is 5.79. The number of carbonyl (C=O) groups excluding carboxylic acids is 10. The maximum absolute atomic E-state index is 11.6. The Morgan fingerprint density at radius 1 is 0.640 bits per heavy atom. The first kappa shape index (κ1) is 17.1. The van der Waals surface area contributed by atoms with Crippen LogP contribution in [0.25, 0.3) is 0 Å². The summed E-state index contributed by atoms with van der Waals surface area (Å²) >= 11 is 0. The van der Waals surface area contributed by atoms with E-state index in [4.69, 9.17) is 0 Å². The van der Waals surface area contributed by atoms with Gasteiger partial charge in [0.05, 0.1) is 0 Å². The summed E-state index contributed by atoms with van der Waals surface area (Å²) in [6, 6.07) is -3.49. The third kappa shape index (κ3) is 2.71. The first-order valence-corrected chi connectivity index (χ1v) is 5.79. The second-order valence-electron chi connectivity index (χ2n) is 4.09. The molecule has 2 N–H and O–H groups in total. The predicted octanol–water partition coefficient (Wildman–Crippen LogP) is -3.46. The van der Waals surface area contributed by atoms with Crippen molar-refractivity contribution >= 4 is 59.4 Å². The number of ether oxygens (including phenoxy) is 1. The summed E-state index contributed by atoms with van der Waals surface area (Å²) in [6.07, 6.45) is -4.31. The molecule has 2 rings (SSSR count). The summed E-state index contributed by atoms with van der Waals surface area (Å²) in [4.78, 5) is 111. The quantitative estimate of drug-likeness (QED) is 0.322. The Bertz CT molecular complexity index is 772. The molecular weight excluding hydrogens is 352 g/mol. The van der Waals surface area contributed by atoms with Crippen molar-refractivity contribution in [1.82, 2.24) is 20.4 Å². The fraction of sp³-hybridized carbons (Fsp3) is 0. The summed E-state index contributed by atoms with van der Waals surface area (Å²) in [6.45, 7) is 0. The lowest BCUT2D eigenvalue weighted by atomic mass is 10.3. The molecule has 10 amide bonds. The van der Waals surface area contributed by atoms with Crippen LogP contribution >= 0.6 is 0 Å². The average Bonchev–Trinajstić information content (AvgIpc) is 2.50. The molecule has 25 heavy (non-hydrogen) atoms. The summed E-state index contributed by atoms with van der Waals surface area (Å²) < 4.78 is 3.86. The third-order valence-electron chi connectivity index (χ3n) is 2.59. The van der Waals surface area contributed by atoms with E-state index in [-0.39, 0.29) is 0 Å². The van der Waals surface area contributed by atoms with Gasteiger partial charge in [0, 0.05) is 0 Å². The van der Waals surface area contributed by atoms with Gasteiger partial charge in [-0.3, -0.25) is 39.4 Å². The number of nitrogens with one attached hydrogen (secondary N) is 2. The Balaban J connectivity index is 2.19. The maximum atomic E-state index is 11.6. The van der Waals surface area contributed by atoms with Gasteiger partial charge in [-0.05, 0) is 0 Å². The lowest BCUT2D eigenvalue weighted by molar-refractivity contribution is -0.149. The molecule has 0 saturated carbocycles. The van der Waals surface area contributed by atoms with E-state index in [1.54, 1.807) is 0 Å². The number of amides is 10. The van der Waals surface area contributed by atoms with Crippen molar-refractivity contribution in [2.45, 2.75) is 0 Å². The number of rotatable bonds is 0. The van der Waals surface area contributed by atoms with Crippen molar-refractivity contribution in [2.24, 2.45) is 0 Å². The SMILES string of the molecule is O=C1NC(=O)N(C(=O)OC(=O)N2C(=O)NC(=O)C(=O)C2=O)C(=O)C1=O. The molecule has 2 heterocycles. The van der Waals surface area contributed by atoms with Gasteiger partial charge >= 0.3 is 59.4 Å².